The molecule has 0 saturated heterocycles. The SMILES string of the molecule is CC#Cc1c(C)c2c(c3c(C)c(C)c(C)c(C)c13)-c1c(C)c(C)c(C)c(C)c1C2(C)C. The van der Waals surface area contributed by atoms with Crippen molar-refractivity contribution in [1.82, 2.24) is 0 Å². The number of rotatable bonds is 0. The second-order valence-corrected chi connectivity index (χ2v) is 10.2. The highest BCUT2D eigenvalue weighted by molar-refractivity contribution is 6.10. The van der Waals surface area contributed by atoms with Gasteiger partial charge in [0.1, 0.15) is 0 Å². The van der Waals surface area contributed by atoms with Crippen LogP contribution in [0.3, 0.4) is 0 Å². The molecule has 31 heavy (non-hydrogen) atoms. The lowest BCUT2D eigenvalue weighted by molar-refractivity contribution is 0.649. The molecule has 0 N–H and O–H groups in total. The summed E-state index contributed by atoms with van der Waals surface area (Å²) in [6.07, 6.45) is 0. The van der Waals surface area contributed by atoms with E-state index >= 15 is 0 Å². The Morgan fingerprint density at radius 3 is 1.48 bits per heavy atom. The van der Waals surface area contributed by atoms with Crippen molar-refractivity contribution in [2.24, 2.45) is 0 Å². The summed E-state index contributed by atoms with van der Waals surface area (Å²) in [5, 5.41) is 2.79. The lowest BCUT2D eigenvalue weighted by Gasteiger charge is -2.28. The highest BCUT2D eigenvalue weighted by Crippen LogP contribution is 2.57. The second kappa shape index (κ2) is 6.74. The Bertz CT molecular complexity index is 1380. The molecule has 1 aliphatic rings. The average molecular weight is 409 g/mol. The smallest absolute Gasteiger partial charge is 0.0359 e. The molecule has 0 heterocycles. The maximum absolute atomic E-state index is 3.53. The Labute approximate surface area is 189 Å². The van der Waals surface area contributed by atoms with Crippen LogP contribution in [0.1, 0.15) is 87.5 Å². The molecule has 0 fully saturated rings. The summed E-state index contributed by atoms with van der Waals surface area (Å²) in [4.78, 5) is 0. The second-order valence-electron chi connectivity index (χ2n) is 10.2. The summed E-state index contributed by atoms with van der Waals surface area (Å²) in [5.74, 6) is 6.76. The minimum atomic E-state index is -0.0421. The first kappa shape index (κ1) is 21.7. The topological polar surface area (TPSA) is 0 Å². The van der Waals surface area contributed by atoms with Crippen molar-refractivity contribution in [2.45, 2.75) is 88.5 Å². The standard InChI is InChI=1S/C31H36/c1-13-14-24-23(10)30-28(26-20(7)16(3)15(2)19(6)25(24)26)27-21(8)17(4)18(5)22(9)29(27)31(30,11)12/h1-12H3. The molecule has 0 aromatic heterocycles. The fourth-order valence-corrected chi connectivity index (χ4v) is 6.41. The Balaban J connectivity index is 2.46. The van der Waals surface area contributed by atoms with Crippen molar-refractivity contribution < 1.29 is 0 Å². The molecule has 0 radical (unpaired) electrons. The van der Waals surface area contributed by atoms with Gasteiger partial charge in [0.15, 0.2) is 0 Å². The quantitative estimate of drug-likeness (QED) is 0.328. The van der Waals surface area contributed by atoms with Crippen LogP contribution in [0.2, 0.25) is 0 Å². The largest absolute Gasteiger partial charge is 0.101 e. The van der Waals surface area contributed by atoms with E-state index in [2.05, 4.69) is 88.0 Å². The van der Waals surface area contributed by atoms with Gasteiger partial charge in [0.25, 0.3) is 0 Å². The van der Waals surface area contributed by atoms with Gasteiger partial charge in [-0.3, -0.25) is 0 Å². The zero-order valence-electron chi connectivity index (χ0n) is 21.5. The van der Waals surface area contributed by atoms with Crippen molar-refractivity contribution in [3.8, 4) is 23.0 Å². The lowest BCUT2D eigenvalue weighted by atomic mass is 9.75. The minimum Gasteiger partial charge on any atom is -0.101 e. The first-order valence-corrected chi connectivity index (χ1v) is 11.5. The van der Waals surface area contributed by atoms with Crippen molar-refractivity contribution in [1.29, 1.82) is 0 Å². The fraction of sp³-hybridized carbons (Fsp3) is 0.419. The van der Waals surface area contributed by atoms with E-state index in [1.807, 2.05) is 6.92 Å². The van der Waals surface area contributed by atoms with Crippen molar-refractivity contribution in [3.63, 3.8) is 0 Å². The van der Waals surface area contributed by atoms with Gasteiger partial charge >= 0.3 is 0 Å². The number of fused-ring (bicyclic) bond motifs is 5. The van der Waals surface area contributed by atoms with Crippen molar-refractivity contribution >= 4 is 10.8 Å². The third-order valence-corrected chi connectivity index (χ3v) is 8.62. The van der Waals surface area contributed by atoms with Crippen LogP contribution >= 0.6 is 0 Å². The number of benzene rings is 3. The summed E-state index contributed by atoms with van der Waals surface area (Å²) in [6, 6.07) is 0. The summed E-state index contributed by atoms with van der Waals surface area (Å²) in [5.41, 5.74) is 19.9. The average Bonchev–Trinajstić information content (AvgIpc) is 2.97. The third kappa shape index (κ3) is 2.50. The summed E-state index contributed by atoms with van der Waals surface area (Å²) < 4.78 is 0. The van der Waals surface area contributed by atoms with E-state index in [-0.39, 0.29) is 5.41 Å². The predicted octanol–water partition coefficient (Wildman–Crippen LogP) is 8.29. The molecule has 0 atom stereocenters. The van der Waals surface area contributed by atoms with Crippen LogP contribution in [0, 0.1) is 74.2 Å². The predicted molar refractivity (Wildman–Crippen MR) is 137 cm³/mol. The molecule has 4 rings (SSSR count). The van der Waals surface area contributed by atoms with Gasteiger partial charge in [0, 0.05) is 16.4 Å². The first-order chi connectivity index (χ1) is 14.4. The monoisotopic (exact) mass is 408 g/mol. The molecule has 0 bridgehead atoms. The summed E-state index contributed by atoms with van der Waals surface area (Å²) in [6.45, 7) is 27.5. The van der Waals surface area contributed by atoms with E-state index in [1.54, 1.807) is 0 Å². The molecule has 0 amide bonds. The van der Waals surface area contributed by atoms with E-state index in [9.17, 15) is 0 Å². The molecule has 3 aromatic carbocycles. The molecule has 0 heteroatoms. The number of aryl methyl sites for hydroxylation is 2. The number of hydrogen-bond acceptors (Lipinski definition) is 0. The van der Waals surface area contributed by atoms with Crippen LogP contribution in [-0.4, -0.2) is 0 Å². The molecule has 0 saturated carbocycles. The van der Waals surface area contributed by atoms with Gasteiger partial charge in [-0.15, -0.1) is 5.92 Å². The molecule has 0 spiro atoms. The van der Waals surface area contributed by atoms with Crippen molar-refractivity contribution in [3.05, 3.63) is 66.8 Å². The first-order valence-electron chi connectivity index (χ1n) is 11.5. The van der Waals surface area contributed by atoms with Crippen LogP contribution in [0.4, 0.5) is 0 Å². The highest BCUT2D eigenvalue weighted by Gasteiger charge is 2.42. The van der Waals surface area contributed by atoms with Gasteiger partial charge in [0.05, 0.1) is 0 Å². The lowest BCUT2D eigenvalue weighted by Crippen LogP contribution is -2.19. The molecule has 1 aliphatic carbocycles. The van der Waals surface area contributed by atoms with E-state index in [1.165, 1.54) is 88.7 Å². The zero-order valence-corrected chi connectivity index (χ0v) is 21.5. The Morgan fingerprint density at radius 2 is 0.935 bits per heavy atom. The van der Waals surface area contributed by atoms with Crippen LogP contribution in [0.25, 0.3) is 21.9 Å². The normalized spacial score (nSPS) is 13.8. The van der Waals surface area contributed by atoms with Crippen LogP contribution < -0.4 is 0 Å². The molecule has 0 aliphatic heterocycles. The maximum atomic E-state index is 3.53. The third-order valence-electron chi connectivity index (χ3n) is 8.62. The Morgan fingerprint density at radius 1 is 0.484 bits per heavy atom. The van der Waals surface area contributed by atoms with Gasteiger partial charge in [-0.2, -0.15) is 0 Å². The minimum absolute atomic E-state index is 0.0421. The fourth-order valence-electron chi connectivity index (χ4n) is 6.41. The van der Waals surface area contributed by atoms with Crippen LogP contribution in [0.5, 0.6) is 0 Å². The molecular weight excluding hydrogens is 372 g/mol. The Hall–Kier alpha value is -2.52. The molecular formula is C31H36. The highest BCUT2D eigenvalue weighted by atomic mass is 14.4. The van der Waals surface area contributed by atoms with Gasteiger partial charge in [-0.25, -0.2) is 0 Å². The van der Waals surface area contributed by atoms with E-state index < -0.39 is 0 Å². The maximum Gasteiger partial charge on any atom is 0.0359 e. The van der Waals surface area contributed by atoms with Gasteiger partial charge < -0.3 is 0 Å². The van der Waals surface area contributed by atoms with E-state index in [0.29, 0.717) is 0 Å². The van der Waals surface area contributed by atoms with Crippen LogP contribution in [-0.2, 0) is 5.41 Å². The van der Waals surface area contributed by atoms with E-state index in [4.69, 9.17) is 0 Å². The molecule has 160 valence electrons. The molecule has 0 nitrogen and oxygen atoms in total. The molecule has 0 unspecified atom stereocenters. The van der Waals surface area contributed by atoms with Gasteiger partial charge in [-0.1, -0.05) is 19.8 Å². The molecule has 3 aromatic rings. The van der Waals surface area contributed by atoms with Crippen molar-refractivity contribution in [2.75, 3.05) is 0 Å². The summed E-state index contributed by atoms with van der Waals surface area (Å²) >= 11 is 0. The summed E-state index contributed by atoms with van der Waals surface area (Å²) in [7, 11) is 0. The van der Waals surface area contributed by atoms with Gasteiger partial charge in [0.2, 0.25) is 0 Å². The van der Waals surface area contributed by atoms with Gasteiger partial charge in [-0.05, 0) is 147 Å². The Kier molecular flexibility index (Phi) is 4.72. The number of hydrogen-bond donors (Lipinski definition) is 0. The van der Waals surface area contributed by atoms with Crippen LogP contribution in [0.15, 0.2) is 0 Å². The zero-order chi connectivity index (χ0) is 23.2. The van der Waals surface area contributed by atoms with E-state index in [0.717, 1.165) is 0 Å².